The average molecular weight is 418 g/mol. The Morgan fingerprint density at radius 2 is 1.93 bits per heavy atom. The van der Waals surface area contributed by atoms with Crippen molar-refractivity contribution in [2.24, 2.45) is 5.73 Å². The van der Waals surface area contributed by atoms with Gasteiger partial charge >= 0.3 is 5.97 Å². The van der Waals surface area contributed by atoms with Crippen LogP contribution in [-0.4, -0.2) is 40.6 Å². The Bertz CT molecular complexity index is 945. The van der Waals surface area contributed by atoms with Gasteiger partial charge in [-0.15, -0.1) is 0 Å². The van der Waals surface area contributed by atoms with Crippen molar-refractivity contribution in [3.63, 3.8) is 0 Å². The number of halogens is 1. The van der Waals surface area contributed by atoms with Crippen LogP contribution < -0.4 is 5.73 Å². The zero-order chi connectivity index (χ0) is 20.1. The maximum atomic E-state index is 12.4. The number of hydrogen-bond donors (Lipinski definition) is 2. The standard InChI is InChI=1S/C20H20ClN3O3S/c1-27-20(26)18-17(11-14(22)12-25)19(28-16-9-7-13(21)8-10-16)24(23-18)15-5-3-2-4-6-15/h2-10,14,25H,11-12,22H2,1H3. The number of aliphatic hydroxyl groups is 1. The predicted octanol–water partition coefficient (Wildman–Crippen LogP) is 3.33. The van der Waals surface area contributed by atoms with E-state index < -0.39 is 12.0 Å². The van der Waals surface area contributed by atoms with Crippen molar-refractivity contribution in [1.29, 1.82) is 0 Å². The Hall–Kier alpha value is -2.32. The fraction of sp³-hybridized carbons (Fsp3) is 0.200. The smallest absolute Gasteiger partial charge is 0.358 e. The molecule has 1 aromatic heterocycles. The highest BCUT2D eigenvalue weighted by molar-refractivity contribution is 7.99. The number of carbonyl (C=O) groups excluding carboxylic acids is 1. The van der Waals surface area contributed by atoms with Gasteiger partial charge in [0.05, 0.1) is 19.4 Å². The van der Waals surface area contributed by atoms with Crippen LogP contribution in [0.4, 0.5) is 0 Å². The topological polar surface area (TPSA) is 90.4 Å². The monoisotopic (exact) mass is 417 g/mol. The number of nitrogens with two attached hydrogens (primary N) is 1. The van der Waals surface area contributed by atoms with Crippen molar-refractivity contribution < 1.29 is 14.6 Å². The number of para-hydroxylation sites is 1. The Morgan fingerprint density at radius 1 is 1.25 bits per heavy atom. The fourth-order valence-corrected chi connectivity index (χ4v) is 3.83. The van der Waals surface area contributed by atoms with Crippen molar-refractivity contribution in [3.05, 3.63) is 70.9 Å². The predicted molar refractivity (Wildman–Crippen MR) is 109 cm³/mol. The lowest BCUT2D eigenvalue weighted by atomic mass is 10.1. The molecule has 0 bridgehead atoms. The Balaban J connectivity index is 2.16. The quantitative estimate of drug-likeness (QED) is 0.573. The van der Waals surface area contributed by atoms with E-state index in [1.807, 2.05) is 42.5 Å². The molecule has 0 spiro atoms. The molecule has 6 nitrogen and oxygen atoms in total. The summed E-state index contributed by atoms with van der Waals surface area (Å²) in [5, 5.41) is 15.3. The van der Waals surface area contributed by atoms with Crippen LogP contribution in [0.3, 0.4) is 0 Å². The molecule has 0 radical (unpaired) electrons. The van der Waals surface area contributed by atoms with E-state index in [0.717, 1.165) is 15.6 Å². The second kappa shape index (κ2) is 9.25. The Morgan fingerprint density at radius 3 is 2.54 bits per heavy atom. The molecule has 1 unspecified atom stereocenters. The largest absolute Gasteiger partial charge is 0.464 e. The summed E-state index contributed by atoms with van der Waals surface area (Å²) in [6.07, 6.45) is 0.281. The molecule has 0 aliphatic rings. The molecule has 2 aromatic carbocycles. The van der Waals surface area contributed by atoms with Gasteiger partial charge < -0.3 is 15.6 Å². The van der Waals surface area contributed by atoms with Crippen molar-refractivity contribution in [3.8, 4) is 5.69 Å². The molecular formula is C20H20ClN3O3S. The van der Waals surface area contributed by atoms with Crippen LogP contribution in [0.2, 0.25) is 5.02 Å². The van der Waals surface area contributed by atoms with Crippen LogP contribution in [0.1, 0.15) is 16.1 Å². The third kappa shape index (κ3) is 4.56. The van der Waals surface area contributed by atoms with Gasteiger partial charge in [-0.2, -0.15) is 5.10 Å². The summed E-state index contributed by atoms with van der Waals surface area (Å²) in [5.74, 6) is -0.548. The van der Waals surface area contributed by atoms with E-state index in [4.69, 9.17) is 22.1 Å². The minimum atomic E-state index is -0.548. The minimum Gasteiger partial charge on any atom is -0.464 e. The fourth-order valence-electron chi connectivity index (χ4n) is 2.67. The number of ether oxygens (including phenoxy) is 1. The number of carbonyl (C=O) groups is 1. The molecule has 1 atom stereocenters. The first-order valence-electron chi connectivity index (χ1n) is 8.59. The van der Waals surface area contributed by atoms with E-state index in [1.54, 1.807) is 16.8 Å². The van der Waals surface area contributed by atoms with Gasteiger partial charge in [0.25, 0.3) is 0 Å². The molecular weight excluding hydrogens is 398 g/mol. The second-order valence-corrected chi connectivity index (χ2v) is 7.57. The van der Waals surface area contributed by atoms with Crippen LogP contribution in [0.5, 0.6) is 0 Å². The molecule has 0 fully saturated rings. The lowest BCUT2D eigenvalue weighted by Crippen LogP contribution is -2.27. The summed E-state index contributed by atoms with van der Waals surface area (Å²) in [6.45, 7) is -0.206. The summed E-state index contributed by atoms with van der Waals surface area (Å²) in [6, 6.07) is 16.3. The highest BCUT2D eigenvalue weighted by Crippen LogP contribution is 2.35. The molecule has 3 rings (SSSR count). The molecule has 0 saturated carbocycles. The summed E-state index contributed by atoms with van der Waals surface area (Å²) >= 11 is 7.44. The van der Waals surface area contributed by atoms with Crippen molar-refractivity contribution in [1.82, 2.24) is 9.78 Å². The number of methoxy groups -OCH3 is 1. The average Bonchev–Trinajstić information content (AvgIpc) is 3.07. The van der Waals surface area contributed by atoms with E-state index in [0.29, 0.717) is 10.6 Å². The lowest BCUT2D eigenvalue weighted by Gasteiger charge is -2.12. The number of nitrogens with zero attached hydrogens (tertiary/aromatic N) is 2. The van der Waals surface area contributed by atoms with Gasteiger partial charge in [0.1, 0.15) is 5.03 Å². The van der Waals surface area contributed by atoms with Gasteiger partial charge in [0.15, 0.2) is 5.69 Å². The van der Waals surface area contributed by atoms with Crippen molar-refractivity contribution >= 4 is 29.3 Å². The number of hydrogen-bond acceptors (Lipinski definition) is 6. The van der Waals surface area contributed by atoms with Crippen LogP contribution in [0, 0.1) is 0 Å². The normalized spacial score (nSPS) is 12.0. The number of aromatic nitrogens is 2. The summed E-state index contributed by atoms with van der Waals surface area (Å²) in [7, 11) is 1.31. The first-order valence-corrected chi connectivity index (χ1v) is 9.78. The number of aliphatic hydroxyl groups excluding tert-OH is 1. The van der Waals surface area contributed by atoms with Crippen LogP contribution in [0.25, 0.3) is 5.69 Å². The Kier molecular flexibility index (Phi) is 6.74. The van der Waals surface area contributed by atoms with E-state index in [-0.39, 0.29) is 18.7 Å². The van der Waals surface area contributed by atoms with Gasteiger partial charge in [-0.25, -0.2) is 9.48 Å². The van der Waals surface area contributed by atoms with E-state index in [9.17, 15) is 9.90 Å². The van der Waals surface area contributed by atoms with Crippen molar-refractivity contribution in [2.75, 3.05) is 13.7 Å². The molecule has 1 heterocycles. The second-order valence-electron chi connectivity index (χ2n) is 6.07. The molecule has 0 amide bonds. The van der Waals surface area contributed by atoms with Gasteiger partial charge in [-0.05, 0) is 42.8 Å². The summed E-state index contributed by atoms with van der Waals surface area (Å²) in [5.41, 5.74) is 7.60. The lowest BCUT2D eigenvalue weighted by molar-refractivity contribution is 0.0592. The molecule has 28 heavy (non-hydrogen) atoms. The Labute approximate surface area is 172 Å². The van der Waals surface area contributed by atoms with Crippen LogP contribution in [0.15, 0.2) is 64.5 Å². The first kappa shape index (κ1) is 20.4. The molecule has 0 aliphatic heterocycles. The van der Waals surface area contributed by atoms with E-state index in [2.05, 4.69) is 5.10 Å². The van der Waals surface area contributed by atoms with Crippen molar-refractivity contribution in [2.45, 2.75) is 22.4 Å². The highest BCUT2D eigenvalue weighted by atomic mass is 35.5. The van der Waals surface area contributed by atoms with Gasteiger partial charge in [0, 0.05) is 21.5 Å². The number of rotatable bonds is 7. The maximum Gasteiger partial charge on any atom is 0.358 e. The maximum absolute atomic E-state index is 12.4. The zero-order valence-electron chi connectivity index (χ0n) is 15.2. The molecule has 8 heteroatoms. The van der Waals surface area contributed by atoms with Gasteiger partial charge in [0.2, 0.25) is 0 Å². The summed E-state index contributed by atoms with van der Waals surface area (Å²) in [4.78, 5) is 13.3. The van der Waals surface area contributed by atoms with Gasteiger partial charge in [-0.1, -0.05) is 41.6 Å². The zero-order valence-corrected chi connectivity index (χ0v) is 16.8. The molecule has 146 valence electrons. The number of esters is 1. The van der Waals surface area contributed by atoms with Crippen LogP contribution in [-0.2, 0) is 11.2 Å². The van der Waals surface area contributed by atoms with E-state index in [1.165, 1.54) is 18.9 Å². The van der Waals surface area contributed by atoms with Gasteiger partial charge in [-0.3, -0.25) is 0 Å². The first-order chi connectivity index (χ1) is 13.5. The molecule has 3 aromatic rings. The molecule has 0 saturated heterocycles. The minimum absolute atomic E-state index is 0.187. The van der Waals surface area contributed by atoms with Crippen LogP contribution >= 0.6 is 23.4 Å². The third-order valence-corrected chi connectivity index (χ3v) is 5.42. The molecule has 0 aliphatic carbocycles. The molecule has 3 N–H and O–H groups in total. The van der Waals surface area contributed by atoms with E-state index >= 15 is 0 Å². The highest BCUT2D eigenvalue weighted by Gasteiger charge is 2.26. The third-order valence-electron chi connectivity index (χ3n) is 4.04. The SMILES string of the molecule is COC(=O)c1nn(-c2ccccc2)c(Sc2ccc(Cl)cc2)c1CC(N)CO. The number of benzene rings is 2. The summed E-state index contributed by atoms with van der Waals surface area (Å²) < 4.78 is 6.62.